The van der Waals surface area contributed by atoms with Crippen molar-refractivity contribution >= 4 is 11.6 Å². The van der Waals surface area contributed by atoms with Crippen LogP contribution in [0.25, 0.3) is 0 Å². The molecule has 1 aromatic rings. The maximum Gasteiger partial charge on any atom is 0.241 e. The van der Waals surface area contributed by atoms with Crippen LogP contribution in [0.5, 0.6) is 0 Å². The van der Waals surface area contributed by atoms with Gasteiger partial charge in [-0.2, -0.15) is 5.10 Å². The third kappa shape index (κ3) is 4.49. The molecule has 0 aliphatic rings. The van der Waals surface area contributed by atoms with E-state index in [4.69, 9.17) is 5.73 Å². The molecule has 0 saturated heterocycles. The second-order valence-corrected chi connectivity index (χ2v) is 3.53. The highest BCUT2D eigenvalue weighted by molar-refractivity contribution is 5.75. The average Bonchev–Trinajstić information content (AvgIpc) is 2.59. The van der Waals surface area contributed by atoms with E-state index in [1.54, 1.807) is 6.20 Å². The Hall–Kier alpha value is -1.52. The van der Waals surface area contributed by atoms with Gasteiger partial charge in [0, 0.05) is 12.7 Å². The van der Waals surface area contributed by atoms with E-state index in [9.17, 15) is 4.79 Å². The van der Waals surface area contributed by atoms with Crippen LogP contribution in [0, 0.1) is 0 Å². The van der Waals surface area contributed by atoms with Gasteiger partial charge in [0.05, 0.1) is 11.9 Å². The molecule has 5 nitrogen and oxygen atoms in total. The van der Waals surface area contributed by atoms with Crippen LogP contribution in [-0.4, -0.2) is 22.2 Å². The van der Waals surface area contributed by atoms with Gasteiger partial charge in [0.1, 0.15) is 6.54 Å². The normalized spacial score (nSPS) is 10.2. The van der Waals surface area contributed by atoms with Gasteiger partial charge in [0.25, 0.3) is 0 Å². The molecule has 0 bridgehead atoms. The molecular weight excluding hydrogens is 192 g/mol. The van der Waals surface area contributed by atoms with Crippen LogP contribution in [0.2, 0.25) is 0 Å². The topological polar surface area (TPSA) is 72.9 Å². The molecule has 0 aliphatic carbocycles. The van der Waals surface area contributed by atoms with Gasteiger partial charge in [-0.25, -0.2) is 0 Å². The Morgan fingerprint density at radius 2 is 2.40 bits per heavy atom. The zero-order valence-electron chi connectivity index (χ0n) is 9.07. The van der Waals surface area contributed by atoms with E-state index in [-0.39, 0.29) is 12.5 Å². The van der Waals surface area contributed by atoms with Crippen LogP contribution in [0.4, 0.5) is 5.69 Å². The third-order valence-electron chi connectivity index (χ3n) is 2.06. The fourth-order valence-corrected chi connectivity index (χ4v) is 1.27. The zero-order valence-corrected chi connectivity index (χ0v) is 9.07. The van der Waals surface area contributed by atoms with Crippen LogP contribution in [0.3, 0.4) is 0 Å². The van der Waals surface area contributed by atoms with E-state index in [0.717, 1.165) is 25.8 Å². The highest BCUT2D eigenvalue weighted by Crippen LogP contribution is 1.97. The summed E-state index contributed by atoms with van der Waals surface area (Å²) in [5.41, 5.74) is 6.06. The van der Waals surface area contributed by atoms with Gasteiger partial charge >= 0.3 is 0 Å². The molecule has 1 amide bonds. The molecule has 15 heavy (non-hydrogen) atoms. The standard InChI is InChI=1S/C10H18N4O/c1-2-3-4-5-12-10(15)8-14-7-9(11)6-13-14/h6-7H,2-5,8,11H2,1H3,(H,12,15). The molecule has 0 spiro atoms. The van der Waals surface area contributed by atoms with E-state index in [2.05, 4.69) is 17.3 Å². The first kappa shape index (κ1) is 11.6. The van der Waals surface area contributed by atoms with Crippen LogP contribution < -0.4 is 11.1 Å². The Morgan fingerprint density at radius 1 is 1.60 bits per heavy atom. The van der Waals surface area contributed by atoms with Gasteiger partial charge in [-0.3, -0.25) is 9.48 Å². The molecule has 5 heteroatoms. The highest BCUT2D eigenvalue weighted by Gasteiger charge is 2.02. The molecule has 1 heterocycles. The van der Waals surface area contributed by atoms with Crippen LogP contribution in [0.1, 0.15) is 26.2 Å². The van der Waals surface area contributed by atoms with Crippen molar-refractivity contribution in [3.63, 3.8) is 0 Å². The Morgan fingerprint density at radius 3 is 3.00 bits per heavy atom. The molecule has 84 valence electrons. The van der Waals surface area contributed by atoms with Gasteiger partial charge in [0.15, 0.2) is 0 Å². The number of carbonyl (C=O) groups excluding carboxylic acids is 1. The molecule has 0 aliphatic heterocycles. The van der Waals surface area contributed by atoms with Crippen molar-refractivity contribution in [1.29, 1.82) is 0 Å². The first-order valence-electron chi connectivity index (χ1n) is 5.27. The van der Waals surface area contributed by atoms with Crippen molar-refractivity contribution in [2.75, 3.05) is 12.3 Å². The van der Waals surface area contributed by atoms with Gasteiger partial charge in [0.2, 0.25) is 5.91 Å². The number of nitrogens with one attached hydrogen (secondary N) is 1. The summed E-state index contributed by atoms with van der Waals surface area (Å²) in [6, 6.07) is 0. The number of carbonyl (C=O) groups is 1. The summed E-state index contributed by atoms with van der Waals surface area (Å²) in [6.45, 7) is 3.11. The maximum absolute atomic E-state index is 11.4. The van der Waals surface area contributed by atoms with E-state index < -0.39 is 0 Å². The number of aromatic nitrogens is 2. The molecule has 1 rings (SSSR count). The van der Waals surface area contributed by atoms with Crippen molar-refractivity contribution < 1.29 is 4.79 Å². The van der Waals surface area contributed by atoms with Crippen molar-refractivity contribution in [3.8, 4) is 0 Å². The first-order chi connectivity index (χ1) is 7.22. The number of amides is 1. The smallest absolute Gasteiger partial charge is 0.241 e. The Kier molecular flexibility index (Phi) is 4.66. The molecule has 0 saturated carbocycles. The summed E-state index contributed by atoms with van der Waals surface area (Å²) in [6.07, 6.45) is 6.51. The van der Waals surface area contributed by atoms with Gasteiger partial charge in [-0.15, -0.1) is 0 Å². The van der Waals surface area contributed by atoms with Crippen LogP contribution >= 0.6 is 0 Å². The SMILES string of the molecule is CCCCCNC(=O)Cn1cc(N)cn1. The number of hydrogen-bond donors (Lipinski definition) is 2. The van der Waals surface area contributed by atoms with Gasteiger partial charge in [-0.1, -0.05) is 19.8 Å². The number of rotatable bonds is 6. The van der Waals surface area contributed by atoms with Gasteiger partial charge < -0.3 is 11.1 Å². The molecule has 3 N–H and O–H groups in total. The number of anilines is 1. The summed E-state index contributed by atoms with van der Waals surface area (Å²) >= 11 is 0. The average molecular weight is 210 g/mol. The minimum absolute atomic E-state index is 0.0193. The Bertz CT molecular complexity index is 308. The van der Waals surface area contributed by atoms with E-state index in [0.29, 0.717) is 5.69 Å². The van der Waals surface area contributed by atoms with E-state index in [1.807, 2.05) is 0 Å². The summed E-state index contributed by atoms with van der Waals surface area (Å²) in [5.74, 6) is -0.0193. The monoisotopic (exact) mass is 210 g/mol. The number of nitrogens with zero attached hydrogens (tertiary/aromatic N) is 2. The molecular formula is C10H18N4O. The third-order valence-corrected chi connectivity index (χ3v) is 2.06. The first-order valence-corrected chi connectivity index (χ1v) is 5.27. The predicted molar refractivity (Wildman–Crippen MR) is 59.2 cm³/mol. The van der Waals surface area contributed by atoms with E-state index >= 15 is 0 Å². The lowest BCUT2D eigenvalue weighted by Crippen LogP contribution is -2.28. The van der Waals surface area contributed by atoms with Gasteiger partial charge in [-0.05, 0) is 6.42 Å². The minimum atomic E-state index is -0.0193. The fourth-order valence-electron chi connectivity index (χ4n) is 1.27. The van der Waals surface area contributed by atoms with Crippen molar-refractivity contribution in [3.05, 3.63) is 12.4 Å². The lowest BCUT2D eigenvalue weighted by atomic mass is 10.2. The summed E-state index contributed by atoms with van der Waals surface area (Å²) in [4.78, 5) is 11.4. The summed E-state index contributed by atoms with van der Waals surface area (Å²) < 4.78 is 1.53. The quantitative estimate of drug-likeness (QED) is 0.681. The second-order valence-electron chi connectivity index (χ2n) is 3.53. The van der Waals surface area contributed by atoms with Crippen LogP contribution in [-0.2, 0) is 11.3 Å². The second kappa shape index (κ2) is 6.06. The predicted octanol–water partition coefficient (Wildman–Crippen LogP) is 0.772. The molecule has 0 aromatic carbocycles. The fraction of sp³-hybridized carbons (Fsp3) is 0.600. The molecule has 0 atom stereocenters. The summed E-state index contributed by atoms with van der Waals surface area (Å²) in [5, 5.41) is 6.77. The Labute approximate surface area is 89.6 Å². The molecule has 0 unspecified atom stereocenters. The van der Waals surface area contributed by atoms with Crippen LogP contribution in [0.15, 0.2) is 12.4 Å². The number of nitrogens with two attached hydrogens (primary N) is 1. The van der Waals surface area contributed by atoms with Crippen molar-refractivity contribution in [1.82, 2.24) is 15.1 Å². The summed E-state index contributed by atoms with van der Waals surface area (Å²) in [7, 11) is 0. The number of nitrogen functional groups attached to an aromatic ring is 1. The minimum Gasteiger partial charge on any atom is -0.396 e. The number of hydrogen-bond acceptors (Lipinski definition) is 3. The van der Waals surface area contributed by atoms with Crippen molar-refractivity contribution in [2.24, 2.45) is 0 Å². The lowest BCUT2D eigenvalue weighted by Gasteiger charge is -2.04. The largest absolute Gasteiger partial charge is 0.396 e. The highest BCUT2D eigenvalue weighted by atomic mass is 16.2. The van der Waals surface area contributed by atoms with E-state index in [1.165, 1.54) is 10.9 Å². The molecule has 1 aromatic heterocycles. The maximum atomic E-state index is 11.4. The zero-order chi connectivity index (χ0) is 11.1. The Balaban J connectivity index is 2.18. The molecule has 0 fully saturated rings. The number of unbranched alkanes of at least 4 members (excludes halogenated alkanes) is 2. The lowest BCUT2D eigenvalue weighted by molar-refractivity contribution is -0.121. The molecule has 0 radical (unpaired) electrons. The van der Waals surface area contributed by atoms with Crippen molar-refractivity contribution in [2.45, 2.75) is 32.7 Å².